The Hall–Kier alpha value is -1.73. The van der Waals surface area contributed by atoms with Crippen LogP contribution in [0.5, 0.6) is 0 Å². The van der Waals surface area contributed by atoms with Gasteiger partial charge in [0.2, 0.25) is 0 Å². The quantitative estimate of drug-likeness (QED) is 0.820. The number of nitrogens with zero attached hydrogens (tertiary/aromatic N) is 1. The maximum Gasteiger partial charge on any atom is 0.351 e. The zero-order valence-corrected chi connectivity index (χ0v) is 15.3. The number of carbonyl (C=O) groups excluding carboxylic acids is 2. The molecule has 2 heterocycles. The average Bonchev–Trinajstić information content (AvgIpc) is 3.27. The summed E-state index contributed by atoms with van der Waals surface area (Å²) in [6, 6.07) is 2.18. The molecule has 0 bridgehead atoms. The normalized spacial score (nSPS) is 16.1. The molecule has 5 nitrogen and oxygen atoms in total. The Kier molecular flexibility index (Phi) is 5.30. The molecule has 1 amide bonds. The number of aromatic nitrogens is 1. The highest BCUT2D eigenvalue weighted by molar-refractivity contribution is 7.17. The SMILES string of the molecule is Cc1nc(-c2ccsc2)sc1C(=O)O[C@H](C)C(=O)NC1CCCC1. The van der Waals surface area contributed by atoms with E-state index in [-0.39, 0.29) is 11.9 Å². The molecule has 0 aromatic carbocycles. The van der Waals surface area contributed by atoms with Crippen LogP contribution in [0.3, 0.4) is 0 Å². The first kappa shape index (κ1) is 17.1. The van der Waals surface area contributed by atoms with Gasteiger partial charge in [0.15, 0.2) is 6.10 Å². The number of hydrogen-bond acceptors (Lipinski definition) is 6. The predicted molar refractivity (Wildman–Crippen MR) is 95.4 cm³/mol. The number of rotatable bonds is 5. The van der Waals surface area contributed by atoms with Gasteiger partial charge in [-0.15, -0.1) is 11.3 Å². The van der Waals surface area contributed by atoms with Crippen molar-refractivity contribution in [2.45, 2.75) is 51.7 Å². The lowest BCUT2D eigenvalue weighted by atomic mass is 10.2. The molecule has 0 spiro atoms. The van der Waals surface area contributed by atoms with Gasteiger partial charge in [0.25, 0.3) is 5.91 Å². The Morgan fingerprint density at radius 2 is 2.12 bits per heavy atom. The van der Waals surface area contributed by atoms with Crippen molar-refractivity contribution in [1.29, 1.82) is 0 Å². The second-order valence-electron chi connectivity index (χ2n) is 5.98. The van der Waals surface area contributed by atoms with Crippen LogP contribution >= 0.6 is 22.7 Å². The summed E-state index contributed by atoms with van der Waals surface area (Å²) in [6.45, 7) is 3.39. The summed E-state index contributed by atoms with van der Waals surface area (Å²) in [4.78, 5) is 29.4. The van der Waals surface area contributed by atoms with E-state index < -0.39 is 12.1 Å². The molecule has 2 aromatic rings. The maximum atomic E-state index is 12.4. The van der Waals surface area contributed by atoms with Gasteiger partial charge in [0.05, 0.1) is 5.69 Å². The van der Waals surface area contributed by atoms with Crippen LogP contribution in [0.1, 0.15) is 48.0 Å². The van der Waals surface area contributed by atoms with Crippen molar-refractivity contribution in [3.05, 3.63) is 27.4 Å². The van der Waals surface area contributed by atoms with Gasteiger partial charge in [-0.25, -0.2) is 9.78 Å². The number of aryl methyl sites for hydroxylation is 1. The number of nitrogens with one attached hydrogen (secondary N) is 1. The molecular formula is C17H20N2O3S2. The third-order valence-corrected chi connectivity index (χ3v) is 5.97. The molecule has 0 saturated heterocycles. The lowest BCUT2D eigenvalue weighted by Gasteiger charge is -2.16. The van der Waals surface area contributed by atoms with E-state index in [4.69, 9.17) is 4.74 Å². The summed E-state index contributed by atoms with van der Waals surface area (Å²) in [5.41, 5.74) is 1.63. The molecule has 0 aliphatic heterocycles. The fourth-order valence-electron chi connectivity index (χ4n) is 2.75. The van der Waals surface area contributed by atoms with E-state index in [2.05, 4.69) is 10.3 Å². The monoisotopic (exact) mass is 364 g/mol. The number of hydrogen-bond donors (Lipinski definition) is 1. The van der Waals surface area contributed by atoms with Gasteiger partial charge < -0.3 is 10.1 Å². The van der Waals surface area contributed by atoms with Crippen LogP contribution in [-0.2, 0) is 9.53 Å². The third kappa shape index (κ3) is 3.84. The molecule has 128 valence electrons. The summed E-state index contributed by atoms with van der Waals surface area (Å²) in [6.07, 6.45) is 3.49. The summed E-state index contributed by atoms with van der Waals surface area (Å²) >= 11 is 2.89. The van der Waals surface area contributed by atoms with Crippen LogP contribution in [-0.4, -0.2) is 29.0 Å². The number of ether oxygens (including phenoxy) is 1. The lowest BCUT2D eigenvalue weighted by molar-refractivity contribution is -0.129. The van der Waals surface area contributed by atoms with E-state index in [1.807, 2.05) is 16.8 Å². The van der Waals surface area contributed by atoms with Gasteiger partial charge >= 0.3 is 5.97 Å². The number of carbonyl (C=O) groups is 2. The molecule has 2 aromatic heterocycles. The van der Waals surface area contributed by atoms with Crippen LogP contribution in [0.15, 0.2) is 16.8 Å². The molecule has 3 rings (SSSR count). The molecule has 24 heavy (non-hydrogen) atoms. The van der Waals surface area contributed by atoms with E-state index in [0.717, 1.165) is 36.3 Å². The summed E-state index contributed by atoms with van der Waals surface area (Å²) in [5, 5.41) is 7.71. The summed E-state index contributed by atoms with van der Waals surface area (Å²) < 4.78 is 5.34. The topological polar surface area (TPSA) is 68.3 Å². The molecule has 1 saturated carbocycles. The minimum Gasteiger partial charge on any atom is -0.448 e. The molecule has 1 aliphatic carbocycles. The van der Waals surface area contributed by atoms with Crippen molar-refractivity contribution in [2.75, 3.05) is 0 Å². The Balaban J connectivity index is 1.62. The first-order chi connectivity index (χ1) is 11.5. The van der Waals surface area contributed by atoms with E-state index in [0.29, 0.717) is 10.6 Å². The van der Waals surface area contributed by atoms with Gasteiger partial charge in [-0.3, -0.25) is 4.79 Å². The van der Waals surface area contributed by atoms with Crippen LogP contribution in [0, 0.1) is 6.92 Å². The Bertz CT molecular complexity index is 718. The largest absolute Gasteiger partial charge is 0.448 e. The lowest BCUT2D eigenvalue weighted by Crippen LogP contribution is -2.40. The van der Waals surface area contributed by atoms with Gasteiger partial charge in [0, 0.05) is 17.0 Å². The van der Waals surface area contributed by atoms with Crippen molar-refractivity contribution in [2.24, 2.45) is 0 Å². The fraction of sp³-hybridized carbons (Fsp3) is 0.471. The first-order valence-corrected chi connectivity index (χ1v) is 9.82. The van der Waals surface area contributed by atoms with Crippen LogP contribution < -0.4 is 5.32 Å². The minimum atomic E-state index is -0.802. The Morgan fingerprint density at radius 1 is 1.38 bits per heavy atom. The van der Waals surface area contributed by atoms with Gasteiger partial charge in [-0.2, -0.15) is 11.3 Å². The molecule has 1 aliphatic rings. The van der Waals surface area contributed by atoms with Crippen LogP contribution in [0.25, 0.3) is 10.6 Å². The highest BCUT2D eigenvalue weighted by Crippen LogP contribution is 2.30. The van der Waals surface area contributed by atoms with Crippen molar-refractivity contribution in [1.82, 2.24) is 10.3 Å². The molecule has 7 heteroatoms. The van der Waals surface area contributed by atoms with E-state index in [1.54, 1.807) is 25.2 Å². The van der Waals surface area contributed by atoms with Gasteiger partial charge in [-0.1, -0.05) is 12.8 Å². The molecule has 1 fully saturated rings. The van der Waals surface area contributed by atoms with E-state index in [9.17, 15) is 9.59 Å². The molecule has 1 N–H and O–H groups in total. The van der Waals surface area contributed by atoms with E-state index >= 15 is 0 Å². The third-order valence-electron chi connectivity index (χ3n) is 4.10. The fourth-order valence-corrected chi connectivity index (χ4v) is 4.41. The number of amides is 1. The average molecular weight is 364 g/mol. The Morgan fingerprint density at radius 3 is 2.79 bits per heavy atom. The predicted octanol–water partition coefficient (Wildman–Crippen LogP) is 3.78. The first-order valence-electron chi connectivity index (χ1n) is 8.06. The van der Waals surface area contributed by atoms with Crippen molar-refractivity contribution >= 4 is 34.6 Å². The van der Waals surface area contributed by atoms with Crippen molar-refractivity contribution in [3.8, 4) is 10.6 Å². The number of esters is 1. The second-order valence-corrected chi connectivity index (χ2v) is 7.76. The molecular weight excluding hydrogens is 344 g/mol. The Labute approximate surface area is 149 Å². The van der Waals surface area contributed by atoms with Gasteiger partial charge in [0.1, 0.15) is 9.88 Å². The van der Waals surface area contributed by atoms with Crippen molar-refractivity contribution in [3.63, 3.8) is 0 Å². The summed E-state index contributed by atoms with van der Waals surface area (Å²) in [5.74, 6) is -0.712. The zero-order chi connectivity index (χ0) is 17.1. The van der Waals surface area contributed by atoms with Crippen molar-refractivity contribution < 1.29 is 14.3 Å². The molecule has 0 unspecified atom stereocenters. The second kappa shape index (κ2) is 7.44. The van der Waals surface area contributed by atoms with Gasteiger partial charge in [-0.05, 0) is 38.1 Å². The smallest absolute Gasteiger partial charge is 0.351 e. The maximum absolute atomic E-state index is 12.4. The molecule has 1 atom stereocenters. The standard InChI is InChI=1S/C17H20N2O3S2/c1-10-14(24-16(18-10)12-7-8-23-9-12)17(21)22-11(2)15(20)19-13-5-3-4-6-13/h7-9,11,13H,3-6H2,1-2H3,(H,19,20)/t11-/m1/s1. The minimum absolute atomic E-state index is 0.217. The van der Waals surface area contributed by atoms with E-state index in [1.165, 1.54) is 11.3 Å². The molecule has 0 radical (unpaired) electrons. The highest BCUT2D eigenvalue weighted by atomic mass is 32.1. The van der Waals surface area contributed by atoms with Crippen LogP contribution in [0.4, 0.5) is 0 Å². The summed E-state index contributed by atoms with van der Waals surface area (Å²) in [7, 11) is 0. The number of thiazole rings is 1. The highest BCUT2D eigenvalue weighted by Gasteiger charge is 2.25. The van der Waals surface area contributed by atoms with Crippen LogP contribution in [0.2, 0.25) is 0 Å². The zero-order valence-electron chi connectivity index (χ0n) is 13.7. The number of thiophene rings is 1.